The average molecular weight is 165 g/mol. The minimum Gasteiger partial charge on any atom is -0.465 e. The van der Waals surface area contributed by atoms with Crippen LogP contribution in [0.3, 0.4) is 0 Å². The van der Waals surface area contributed by atoms with E-state index in [0.717, 1.165) is 0 Å². The van der Waals surface area contributed by atoms with Crippen LogP contribution in [0.1, 0.15) is 6.42 Å². The van der Waals surface area contributed by atoms with E-state index in [-0.39, 0.29) is 17.9 Å². The van der Waals surface area contributed by atoms with Gasteiger partial charge in [-0.25, -0.2) is 14.5 Å². The summed E-state index contributed by atoms with van der Waals surface area (Å²) in [5.41, 5.74) is 0. The second-order valence-corrected chi connectivity index (χ2v) is 1.76. The van der Waals surface area contributed by atoms with Crippen LogP contribution in [0.4, 0.5) is 14.0 Å². The first kappa shape index (κ1) is 9.67. The van der Waals surface area contributed by atoms with Crippen LogP contribution in [0.2, 0.25) is 0 Å². The third kappa shape index (κ3) is 3.39. The summed E-state index contributed by atoms with van der Waals surface area (Å²) in [6, 6.07) is 0. The fourth-order valence-corrected chi connectivity index (χ4v) is 0.491. The Balaban J connectivity index is 3.90. The van der Waals surface area contributed by atoms with Gasteiger partial charge in [0, 0.05) is 6.54 Å². The quantitative estimate of drug-likeness (QED) is 0.653. The number of carbonyl (C=O) groups is 2. The van der Waals surface area contributed by atoms with E-state index in [1.54, 1.807) is 0 Å². The van der Waals surface area contributed by atoms with Gasteiger partial charge in [0.1, 0.15) is 0 Å². The Hall–Kier alpha value is -1.33. The first-order chi connectivity index (χ1) is 5.09. The van der Waals surface area contributed by atoms with Crippen molar-refractivity contribution < 1.29 is 24.2 Å². The Bertz CT molecular complexity index is 147. The maximum atomic E-state index is 11.5. The molecule has 0 saturated heterocycles. The van der Waals surface area contributed by atoms with E-state index in [4.69, 9.17) is 10.2 Å². The molecule has 0 unspecified atom stereocenters. The van der Waals surface area contributed by atoms with Crippen LogP contribution >= 0.6 is 0 Å². The lowest BCUT2D eigenvalue weighted by molar-refractivity contribution is 0.121. The van der Waals surface area contributed by atoms with Crippen molar-refractivity contribution in [2.75, 3.05) is 13.2 Å². The third-order valence-electron chi connectivity index (χ3n) is 0.977. The molecule has 0 atom stereocenters. The number of carboxylic acid groups (broad SMARTS) is 2. The summed E-state index contributed by atoms with van der Waals surface area (Å²) < 4.78 is 11.5. The van der Waals surface area contributed by atoms with Crippen molar-refractivity contribution in [2.24, 2.45) is 0 Å². The van der Waals surface area contributed by atoms with Gasteiger partial charge in [-0.1, -0.05) is 0 Å². The maximum Gasteiger partial charge on any atom is 0.416 e. The van der Waals surface area contributed by atoms with Crippen LogP contribution in [0.25, 0.3) is 0 Å². The lowest BCUT2D eigenvalue weighted by Gasteiger charge is -2.10. The number of rotatable bonds is 3. The molecular weight excluding hydrogens is 157 g/mol. The van der Waals surface area contributed by atoms with Gasteiger partial charge in [-0.05, 0) is 6.42 Å². The summed E-state index contributed by atoms with van der Waals surface area (Å²) in [6.45, 7) is -1.04. The fourth-order valence-electron chi connectivity index (χ4n) is 0.491. The Morgan fingerprint density at radius 1 is 1.27 bits per heavy atom. The Labute approximate surface area is 62.0 Å². The summed E-state index contributed by atoms with van der Waals surface area (Å²) in [6.07, 6.45) is -3.25. The molecule has 0 spiro atoms. The summed E-state index contributed by atoms with van der Waals surface area (Å²) in [5.74, 6) is 0. The monoisotopic (exact) mass is 165 g/mol. The molecule has 0 fully saturated rings. The van der Waals surface area contributed by atoms with Crippen LogP contribution in [0.15, 0.2) is 0 Å². The zero-order valence-electron chi connectivity index (χ0n) is 5.66. The molecule has 0 aromatic heterocycles. The van der Waals surface area contributed by atoms with Crippen molar-refractivity contribution in [1.29, 1.82) is 0 Å². The van der Waals surface area contributed by atoms with E-state index in [9.17, 15) is 14.0 Å². The molecule has 11 heavy (non-hydrogen) atoms. The van der Waals surface area contributed by atoms with Gasteiger partial charge in [0.05, 0.1) is 6.67 Å². The van der Waals surface area contributed by atoms with Crippen LogP contribution in [-0.4, -0.2) is 40.5 Å². The fraction of sp³-hybridized carbons (Fsp3) is 0.600. The highest BCUT2D eigenvalue weighted by molar-refractivity contribution is 5.85. The summed E-state index contributed by atoms with van der Waals surface area (Å²) in [7, 11) is 0. The highest BCUT2D eigenvalue weighted by Gasteiger charge is 2.18. The molecule has 0 rings (SSSR count). The molecule has 0 aromatic carbocycles. The number of amides is 2. The predicted octanol–water partition coefficient (Wildman–Crippen LogP) is 1.00. The lowest BCUT2D eigenvalue weighted by atomic mass is 10.4. The van der Waals surface area contributed by atoms with Gasteiger partial charge in [0.15, 0.2) is 0 Å². The molecule has 64 valence electrons. The summed E-state index contributed by atoms with van der Waals surface area (Å²) in [4.78, 5) is 20.3. The number of hydrogen-bond acceptors (Lipinski definition) is 2. The van der Waals surface area contributed by atoms with E-state index >= 15 is 0 Å². The Morgan fingerprint density at radius 3 is 2.00 bits per heavy atom. The normalized spacial score (nSPS) is 9.18. The lowest BCUT2D eigenvalue weighted by Crippen LogP contribution is -2.35. The molecule has 2 N–H and O–H groups in total. The van der Waals surface area contributed by atoms with E-state index < -0.39 is 18.9 Å². The van der Waals surface area contributed by atoms with Gasteiger partial charge in [-0.3, -0.25) is 4.39 Å². The van der Waals surface area contributed by atoms with E-state index in [1.165, 1.54) is 0 Å². The number of hydrogen-bond donors (Lipinski definition) is 2. The first-order valence-electron chi connectivity index (χ1n) is 2.89. The molecule has 0 heterocycles. The molecule has 2 amide bonds. The number of imide groups is 1. The van der Waals surface area contributed by atoms with Crippen LogP contribution in [0, 0.1) is 0 Å². The largest absolute Gasteiger partial charge is 0.465 e. The predicted molar refractivity (Wildman–Crippen MR) is 33.3 cm³/mol. The van der Waals surface area contributed by atoms with E-state index in [1.807, 2.05) is 0 Å². The maximum absolute atomic E-state index is 11.5. The summed E-state index contributed by atoms with van der Waals surface area (Å²) >= 11 is 0. The molecule has 0 aliphatic rings. The van der Waals surface area contributed by atoms with Gasteiger partial charge in [0.2, 0.25) is 0 Å². The van der Waals surface area contributed by atoms with Crippen molar-refractivity contribution in [3.63, 3.8) is 0 Å². The average Bonchev–Trinajstić information content (AvgIpc) is 1.87. The molecule has 6 heteroatoms. The van der Waals surface area contributed by atoms with Gasteiger partial charge < -0.3 is 10.2 Å². The van der Waals surface area contributed by atoms with E-state index in [2.05, 4.69) is 0 Å². The van der Waals surface area contributed by atoms with Gasteiger partial charge >= 0.3 is 12.2 Å². The van der Waals surface area contributed by atoms with Crippen molar-refractivity contribution in [1.82, 2.24) is 4.90 Å². The topological polar surface area (TPSA) is 77.8 Å². The second kappa shape index (κ2) is 4.48. The molecular formula is C5H8FNO4. The molecule has 0 aliphatic carbocycles. The van der Waals surface area contributed by atoms with Crippen LogP contribution in [-0.2, 0) is 0 Å². The number of halogens is 1. The van der Waals surface area contributed by atoms with Crippen molar-refractivity contribution in [3.05, 3.63) is 0 Å². The minimum absolute atomic E-state index is 0.0986. The molecule has 0 aliphatic heterocycles. The zero-order chi connectivity index (χ0) is 8.85. The smallest absolute Gasteiger partial charge is 0.416 e. The van der Waals surface area contributed by atoms with Crippen LogP contribution < -0.4 is 0 Å². The number of alkyl halides is 1. The second-order valence-electron chi connectivity index (χ2n) is 1.76. The standard InChI is InChI=1S/C5H8FNO4/c6-2-1-3-7(4(8)9)5(10)11/h1-3H2,(H,8,9)(H,10,11). The van der Waals surface area contributed by atoms with Gasteiger partial charge in [0.25, 0.3) is 0 Å². The SMILES string of the molecule is O=C(O)N(CCCF)C(=O)O. The Kier molecular flexibility index (Phi) is 3.94. The van der Waals surface area contributed by atoms with Crippen molar-refractivity contribution >= 4 is 12.2 Å². The molecule has 0 radical (unpaired) electrons. The third-order valence-corrected chi connectivity index (χ3v) is 0.977. The molecule has 0 bridgehead atoms. The van der Waals surface area contributed by atoms with Crippen molar-refractivity contribution in [2.45, 2.75) is 6.42 Å². The van der Waals surface area contributed by atoms with Crippen LogP contribution in [0.5, 0.6) is 0 Å². The minimum atomic E-state index is -1.58. The number of nitrogens with zero attached hydrogens (tertiary/aromatic N) is 1. The molecule has 0 aromatic rings. The first-order valence-corrected chi connectivity index (χ1v) is 2.89. The summed E-state index contributed by atoms with van der Waals surface area (Å²) in [5, 5.41) is 16.4. The molecule has 0 saturated carbocycles. The zero-order valence-corrected chi connectivity index (χ0v) is 5.66. The van der Waals surface area contributed by atoms with Crippen molar-refractivity contribution in [3.8, 4) is 0 Å². The van der Waals surface area contributed by atoms with Gasteiger partial charge in [-0.2, -0.15) is 0 Å². The Morgan fingerprint density at radius 2 is 1.73 bits per heavy atom. The highest BCUT2D eigenvalue weighted by atomic mass is 19.1. The van der Waals surface area contributed by atoms with Gasteiger partial charge in [-0.15, -0.1) is 0 Å². The molecule has 5 nitrogen and oxygen atoms in total. The van der Waals surface area contributed by atoms with E-state index in [0.29, 0.717) is 0 Å². The highest BCUT2D eigenvalue weighted by Crippen LogP contribution is 1.93.